The molecule has 18 heavy (non-hydrogen) atoms. The summed E-state index contributed by atoms with van der Waals surface area (Å²) in [5.41, 5.74) is 0.432. The summed E-state index contributed by atoms with van der Waals surface area (Å²) in [7, 11) is -4.60. The van der Waals surface area contributed by atoms with Gasteiger partial charge >= 0.3 is 10.2 Å². The van der Waals surface area contributed by atoms with E-state index in [2.05, 4.69) is 5.16 Å². The van der Waals surface area contributed by atoms with Gasteiger partial charge in [-0.05, 0) is 6.92 Å². The number of amides is 1. The van der Waals surface area contributed by atoms with Crippen molar-refractivity contribution in [3.8, 4) is 0 Å². The monoisotopic (exact) mass is 296 g/mol. The van der Waals surface area contributed by atoms with E-state index < -0.39 is 21.9 Å². The predicted molar refractivity (Wildman–Crippen MR) is 61.6 cm³/mol. The number of halogens is 2. The highest BCUT2D eigenvalue weighted by Crippen LogP contribution is 2.33. The molecular weight excluding hydrogens is 287 g/mol. The van der Waals surface area contributed by atoms with E-state index >= 15 is 0 Å². The Labute approximate surface area is 108 Å². The summed E-state index contributed by atoms with van der Waals surface area (Å²) in [6.45, 7) is 1.66. The minimum Gasteiger partial charge on any atom is -0.336 e. The first-order valence-electron chi connectivity index (χ1n) is 5.12. The zero-order chi connectivity index (χ0) is 13.5. The molecule has 2 rings (SSSR count). The Kier molecular flexibility index (Phi) is 3.33. The van der Waals surface area contributed by atoms with Crippen molar-refractivity contribution in [1.29, 1.82) is 0 Å². The second-order valence-electron chi connectivity index (χ2n) is 4.17. The van der Waals surface area contributed by atoms with Crippen molar-refractivity contribution in [2.75, 3.05) is 17.2 Å². The minimum atomic E-state index is -4.60. The number of aromatic nitrogens is 1. The molecule has 1 aromatic heterocycles. The first-order chi connectivity index (χ1) is 8.28. The van der Waals surface area contributed by atoms with Crippen LogP contribution in [-0.4, -0.2) is 31.8 Å². The van der Waals surface area contributed by atoms with Crippen molar-refractivity contribution >= 4 is 33.6 Å². The van der Waals surface area contributed by atoms with Gasteiger partial charge in [0.2, 0.25) is 5.91 Å². The average Bonchev–Trinajstić information content (AvgIpc) is 2.70. The van der Waals surface area contributed by atoms with Crippen LogP contribution in [0.2, 0.25) is 5.02 Å². The van der Waals surface area contributed by atoms with Crippen LogP contribution in [0.25, 0.3) is 0 Å². The molecule has 6 nitrogen and oxygen atoms in total. The molecule has 9 heteroatoms. The molecule has 0 spiro atoms. The molecule has 2 heterocycles. The molecule has 1 aromatic rings. The van der Waals surface area contributed by atoms with Crippen LogP contribution in [0, 0.1) is 12.8 Å². The van der Waals surface area contributed by atoms with Gasteiger partial charge < -0.3 is 4.52 Å². The summed E-state index contributed by atoms with van der Waals surface area (Å²) in [5.74, 6) is -1.56. The summed E-state index contributed by atoms with van der Waals surface area (Å²) in [6.07, 6.45) is -0.0563. The van der Waals surface area contributed by atoms with Gasteiger partial charge in [-0.3, -0.25) is 9.69 Å². The molecule has 0 aliphatic carbocycles. The smallest absolute Gasteiger partial charge is 0.302 e. The number of carbonyl (C=O) groups is 1. The first kappa shape index (κ1) is 13.3. The third-order valence-electron chi connectivity index (χ3n) is 2.66. The van der Waals surface area contributed by atoms with Gasteiger partial charge in [0.15, 0.2) is 0 Å². The third kappa shape index (κ3) is 2.64. The van der Waals surface area contributed by atoms with E-state index in [9.17, 15) is 17.1 Å². The van der Waals surface area contributed by atoms with Crippen molar-refractivity contribution in [1.82, 2.24) is 5.16 Å². The molecule has 1 amide bonds. The molecule has 0 radical (unpaired) electrons. The number of nitrogens with zero attached hydrogens (tertiary/aromatic N) is 2. The zero-order valence-electron chi connectivity index (χ0n) is 9.39. The van der Waals surface area contributed by atoms with Crippen LogP contribution >= 0.6 is 11.6 Å². The van der Waals surface area contributed by atoms with Crippen molar-refractivity contribution in [3.63, 3.8) is 0 Å². The fourth-order valence-electron chi connectivity index (χ4n) is 1.89. The van der Waals surface area contributed by atoms with Crippen LogP contribution in [0.5, 0.6) is 0 Å². The zero-order valence-corrected chi connectivity index (χ0v) is 11.0. The van der Waals surface area contributed by atoms with Crippen LogP contribution in [-0.2, 0) is 15.0 Å². The standard InChI is InChI=1S/C9H10ClFN2O4S/c1-5-8(10)9(17-12-5)13-3-6(2-7(13)14)4-18(11,15)16/h6H,2-4H2,1H3. The number of hydrogen-bond acceptors (Lipinski definition) is 5. The van der Waals surface area contributed by atoms with E-state index in [4.69, 9.17) is 16.1 Å². The van der Waals surface area contributed by atoms with E-state index in [0.717, 1.165) is 0 Å². The van der Waals surface area contributed by atoms with Crippen LogP contribution in [0.15, 0.2) is 4.52 Å². The first-order valence-corrected chi connectivity index (χ1v) is 7.05. The predicted octanol–water partition coefficient (Wildman–Crippen LogP) is 1.29. The van der Waals surface area contributed by atoms with Gasteiger partial charge in [-0.2, -0.15) is 8.42 Å². The number of anilines is 1. The Morgan fingerprint density at radius 3 is 2.78 bits per heavy atom. The van der Waals surface area contributed by atoms with E-state index in [-0.39, 0.29) is 29.8 Å². The van der Waals surface area contributed by atoms with Crippen molar-refractivity contribution in [3.05, 3.63) is 10.7 Å². The summed E-state index contributed by atoms with van der Waals surface area (Å²) in [6, 6.07) is 0. The van der Waals surface area contributed by atoms with E-state index in [0.29, 0.717) is 5.69 Å². The molecule has 100 valence electrons. The molecule has 0 aromatic carbocycles. The minimum absolute atomic E-state index is 0.0519. The molecule has 1 unspecified atom stereocenters. The molecule has 1 aliphatic heterocycles. The number of hydrogen-bond donors (Lipinski definition) is 0. The molecule has 1 saturated heterocycles. The Hall–Kier alpha value is -1.15. The fraction of sp³-hybridized carbons (Fsp3) is 0.556. The molecule has 0 N–H and O–H groups in total. The molecular formula is C9H10ClFN2O4S. The van der Waals surface area contributed by atoms with Crippen LogP contribution in [0.1, 0.15) is 12.1 Å². The summed E-state index contributed by atoms with van der Waals surface area (Å²) < 4.78 is 38.6. The third-order valence-corrected chi connectivity index (χ3v) is 3.96. The Morgan fingerprint density at radius 2 is 2.28 bits per heavy atom. The lowest BCUT2D eigenvalue weighted by Gasteiger charge is -2.12. The topological polar surface area (TPSA) is 80.5 Å². The average molecular weight is 297 g/mol. The van der Waals surface area contributed by atoms with Gasteiger partial charge in [-0.1, -0.05) is 16.8 Å². The van der Waals surface area contributed by atoms with Crippen molar-refractivity contribution in [2.45, 2.75) is 13.3 Å². The second kappa shape index (κ2) is 4.51. The quantitative estimate of drug-likeness (QED) is 0.785. The van der Waals surface area contributed by atoms with Crippen LogP contribution in [0.3, 0.4) is 0 Å². The second-order valence-corrected chi connectivity index (χ2v) is 5.96. The summed E-state index contributed by atoms with van der Waals surface area (Å²) in [5, 5.41) is 3.80. The van der Waals surface area contributed by atoms with Gasteiger partial charge in [-0.25, -0.2) is 0 Å². The summed E-state index contributed by atoms with van der Waals surface area (Å²) >= 11 is 5.89. The Morgan fingerprint density at radius 1 is 1.61 bits per heavy atom. The van der Waals surface area contributed by atoms with Crippen LogP contribution < -0.4 is 4.90 Å². The highest BCUT2D eigenvalue weighted by molar-refractivity contribution is 7.86. The molecule has 0 saturated carbocycles. The SMILES string of the molecule is Cc1noc(N2CC(CS(=O)(=O)F)CC2=O)c1Cl. The molecule has 1 aliphatic rings. The maximum Gasteiger partial charge on any atom is 0.302 e. The lowest BCUT2D eigenvalue weighted by atomic mass is 10.1. The Balaban J connectivity index is 2.18. The number of rotatable bonds is 3. The fourth-order valence-corrected chi connectivity index (χ4v) is 2.84. The lowest BCUT2D eigenvalue weighted by Crippen LogP contribution is -2.25. The Bertz CT molecular complexity index is 585. The number of aryl methyl sites for hydroxylation is 1. The van der Waals surface area contributed by atoms with Gasteiger partial charge in [0.1, 0.15) is 10.7 Å². The van der Waals surface area contributed by atoms with Gasteiger partial charge in [-0.15, -0.1) is 3.89 Å². The molecule has 1 atom stereocenters. The lowest BCUT2D eigenvalue weighted by molar-refractivity contribution is -0.117. The van der Waals surface area contributed by atoms with Crippen molar-refractivity contribution < 1.29 is 21.6 Å². The molecule has 1 fully saturated rings. The highest BCUT2D eigenvalue weighted by atomic mass is 35.5. The van der Waals surface area contributed by atoms with Crippen LogP contribution in [0.4, 0.5) is 9.77 Å². The number of carbonyl (C=O) groups excluding carboxylic acids is 1. The van der Waals surface area contributed by atoms with Gasteiger partial charge in [0, 0.05) is 18.9 Å². The van der Waals surface area contributed by atoms with Gasteiger partial charge in [0.05, 0.1) is 5.75 Å². The molecule has 0 bridgehead atoms. The largest absolute Gasteiger partial charge is 0.336 e. The maximum absolute atomic E-state index is 12.6. The summed E-state index contributed by atoms with van der Waals surface area (Å²) in [4.78, 5) is 12.9. The van der Waals surface area contributed by atoms with Gasteiger partial charge in [0.25, 0.3) is 5.88 Å². The maximum atomic E-state index is 12.6. The highest BCUT2D eigenvalue weighted by Gasteiger charge is 2.36. The van der Waals surface area contributed by atoms with E-state index in [1.807, 2.05) is 0 Å². The normalized spacial score (nSPS) is 20.7. The van der Waals surface area contributed by atoms with Crippen molar-refractivity contribution in [2.24, 2.45) is 5.92 Å². The van der Waals surface area contributed by atoms with E-state index in [1.54, 1.807) is 6.92 Å². The van der Waals surface area contributed by atoms with E-state index in [1.165, 1.54) is 4.90 Å².